The van der Waals surface area contributed by atoms with E-state index >= 15 is 0 Å². The van der Waals surface area contributed by atoms with Crippen molar-refractivity contribution in [2.24, 2.45) is 23.7 Å². The van der Waals surface area contributed by atoms with Gasteiger partial charge in [-0.15, -0.1) is 0 Å². The average Bonchev–Trinajstić information content (AvgIpc) is 3.28. The molecule has 3 fully saturated rings. The predicted octanol–water partition coefficient (Wildman–Crippen LogP) is 4.92. The first-order valence-corrected chi connectivity index (χ1v) is 9.99. The molecule has 5 nitrogen and oxygen atoms in total. The van der Waals surface area contributed by atoms with Gasteiger partial charge in [0.1, 0.15) is 17.6 Å². The number of hydrogen-bond acceptors (Lipinski definition) is 4. The maximum absolute atomic E-state index is 12.8. The quantitative estimate of drug-likeness (QED) is 0.716. The molecular weight excluding hydrogens is 401 g/mol. The van der Waals surface area contributed by atoms with Crippen LogP contribution < -0.4 is 10.1 Å². The van der Waals surface area contributed by atoms with Gasteiger partial charge < -0.3 is 14.8 Å². The molecule has 2 aromatic carbocycles. The molecule has 1 amide bonds. The van der Waals surface area contributed by atoms with Gasteiger partial charge in [0.15, 0.2) is 0 Å². The highest BCUT2D eigenvalue weighted by Crippen LogP contribution is 2.57. The van der Waals surface area contributed by atoms with E-state index in [2.05, 4.69) is 5.32 Å². The molecule has 7 heteroatoms. The number of rotatable bonds is 4. The number of carbonyl (C=O) groups is 2. The van der Waals surface area contributed by atoms with Crippen LogP contribution in [0.5, 0.6) is 11.5 Å². The van der Waals surface area contributed by atoms with Crippen molar-refractivity contribution in [3.8, 4) is 11.5 Å². The lowest BCUT2D eigenvalue weighted by molar-refractivity contribution is -0.145. The van der Waals surface area contributed by atoms with Crippen LogP contribution in [0.1, 0.15) is 12.8 Å². The van der Waals surface area contributed by atoms with Crippen LogP contribution in [0.25, 0.3) is 0 Å². The normalized spacial score (nSPS) is 29.6. The maximum atomic E-state index is 12.8. The van der Waals surface area contributed by atoms with Gasteiger partial charge in [-0.25, -0.2) is 0 Å². The molecule has 0 radical (unpaired) electrons. The van der Waals surface area contributed by atoms with Crippen LogP contribution in [0.2, 0.25) is 10.0 Å². The Hall–Kier alpha value is -2.24. The number of esters is 1. The molecule has 28 heavy (non-hydrogen) atoms. The number of halogens is 2. The van der Waals surface area contributed by atoms with Crippen LogP contribution in [0, 0.1) is 23.7 Å². The number of amides is 1. The van der Waals surface area contributed by atoms with E-state index in [1.165, 1.54) is 0 Å². The fraction of sp³-hybridized carbons (Fsp3) is 0.333. The van der Waals surface area contributed by atoms with Crippen molar-refractivity contribution in [2.45, 2.75) is 18.9 Å². The summed E-state index contributed by atoms with van der Waals surface area (Å²) in [5, 5.41) is 3.89. The molecule has 1 N–H and O–H groups in total. The number of fused-ring (bicyclic) bond motifs is 1. The van der Waals surface area contributed by atoms with Gasteiger partial charge in [-0.3, -0.25) is 9.59 Å². The van der Waals surface area contributed by atoms with Crippen LogP contribution in [0.3, 0.4) is 0 Å². The van der Waals surface area contributed by atoms with Crippen molar-refractivity contribution in [3.05, 3.63) is 52.5 Å². The second-order valence-corrected chi connectivity index (χ2v) is 8.46. The van der Waals surface area contributed by atoms with Gasteiger partial charge in [-0.05, 0) is 61.2 Å². The topological polar surface area (TPSA) is 64.6 Å². The van der Waals surface area contributed by atoms with Crippen molar-refractivity contribution in [2.75, 3.05) is 5.32 Å². The molecule has 1 saturated heterocycles. The highest BCUT2D eigenvalue weighted by atomic mass is 35.5. The standard InChI is InChI=1S/C21H17Cl2NO4/c22-11-1-6-16(15(23)9-11)27-13-4-2-12(3-5-13)24-20(25)18-10-7-14-17(8-10)28-21(26)19(14)18/h1-6,9-10,14,17-19H,7-8H2,(H,24,25)/t10-,14+,17+,18-,19+/m1/s1. The zero-order valence-electron chi connectivity index (χ0n) is 14.7. The summed E-state index contributed by atoms with van der Waals surface area (Å²) in [7, 11) is 0. The maximum Gasteiger partial charge on any atom is 0.310 e. The number of hydrogen-bond donors (Lipinski definition) is 1. The average molecular weight is 418 g/mol. The monoisotopic (exact) mass is 417 g/mol. The van der Waals surface area contributed by atoms with E-state index in [-0.39, 0.29) is 41.7 Å². The molecule has 144 valence electrons. The van der Waals surface area contributed by atoms with Crippen molar-refractivity contribution in [1.29, 1.82) is 0 Å². The number of nitrogens with one attached hydrogen (secondary N) is 1. The number of benzene rings is 2. The van der Waals surface area contributed by atoms with Crippen molar-refractivity contribution < 1.29 is 19.1 Å². The van der Waals surface area contributed by atoms with Crippen molar-refractivity contribution >= 4 is 40.8 Å². The second-order valence-electron chi connectivity index (χ2n) is 7.61. The van der Waals surface area contributed by atoms with E-state index in [1.54, 1.807) is 42.5 Å². The second kappa shape index (κ2) is 6.68. The highest BCUT2D eigenvalue weighted by molar-refractivity contribution is 6.35. The fourth-order valence-corrected chi connectivity index (χ4v) is 5.33. The SMILES string of the molecule is O=C(Nc1ccc(Oc2ccc(Cl)cc2Cl)cc1)[C@@H]1[C@@H]2C[C@@H]3[C@@H]1C(=O)O[C@H]3C2. The molecule has 2 aromatic rings. The highest BCUT2D eigenvalue weighted by Gasteiger charge is 2.63. The first-order valence-electron chi connectivity index (χ1n) is 9.24. The van der Waals surface area contributed by atoms with Gasteiger partial charge in [0, 0.05) is 16.6 Å². The third-order valence-corrected chi connectivity index (χ3v) is 6.56. The Morgan fingerprint density at radius 3 is 2.64 bits per heavy atom. The lowest BCUT2D eigenvalue weighted by Gasteiger charge is -2.23. The molecule has 2 bridgehead atoms. The zero-order chi connectivity index (χ0) is 19.4. The van der Waals surface area contributed by atoms with E-state index in [9.17, 15) is 9.59 Å². The molecular formula is C21H17Cl2NO4. The van der Waals surface area contributed by atoms with Crippen LogP contribution in [-0.2, 0) is 14.3 Å². The van der Waals surface area contributed by atoms with Crippen molar-refractivity contribution in [1.82, 2.24) is 0 Å². The third-order valence-electron chi connectivity index (χ3n) is 6.03. The minimum Gasteiger partial charge on any atom is -0.462 e. The number of carbonyl (C=O) groups excluding carboxylic acids is 2. The van der Waals surface area contributed by atoms with E-state index in [0.717, 1.165) is 12.8 Å². The van der Waals surface area contributed by atoms with Crippen LogP contribution >= 0.6 is 23.2 Å². The van der Waals surface area contributed by atoms with E-state index < -0.39 is 0 Å². The van der Waals surface area contributed by atoms with E-state index in [1.807, 2.05) is 0 Å². The zero-order valence-corrected chi connectivity index (χ0v) is 16.2. The summed E-state index contributed by atoms with van der Waals surface area (Å²) in [5.41, 5.74) is 0.658. The number of ether oxygens (including phenoxy) is 2. The summed E-state index contributed by atoms with van der Waals surface area (Å²) in [4.78, 5) is 24.9. The Bertz CT molecular complexity index is 959. The summed E-state index contributed by atoms with van der Waals surface area (Å²) < 4.78 is 11.2. The minimum atomic E-state index is -0.292. The molecule has 5 rings (SSSR count). The van der Waals surface area contributed by atoms with Gasteiger partial charge in [-0.2, -0.15) is 0 Å². The Balaban J connectivity index is 1.26. The molecule has 2 saturated carbocycles. The summed E-state index contributed by atoms with van der Waals surface area (Å²) in [6.45, 7) is 0. The van der Waals surface area contributed by atoms with Gasteiger partial charge >= 0.3 is 5.97 Å². The number of anilines is 1. The van der Waals surface area contributed by atoms with Crippen LogP contribution in [0.15, 0.2) is 42.5 Å². The minimum absolute atomic E-state index is 0.0303. The Morgan fingerprint density at radius 1 is 1.11 bits per heavy atom. The Kier molecular flexibility index (Phi) is 4.25. The largest absolute Gasteiger partial charge is 0.462 e. The Morgan fingerprint density at radius 2 is 1.89 bits per heavy atom. The lowest BCUT2D eigenvalue weighted by atomic mass is 9.79. The molecule has 2 aliphatic carbocycles. The van der Waals surface area contributed by atoms with Gasteiger partial charge in [0.25, 0.3) is 0 Å². The molecule has 0 spiro atoms. The van der Waals surface area contributed by atoms with Crippen LogP contribution in [-0.4, -0.2) is 18.0 Å². The molecule has 1 heterocycles. The summed E-state index contributed by atoms with van der Waals surface area (Å²) in [6.07, 6.45) is 1.75. The molecule has 1 aliphatic heterocycles. The van der Waals surface area contributed by atoms with Gasteiger partial charge in [-0.1, -0.05) is 23.2 Å². The molecule has 3 aliphatic rings. The van der Waals surface area contributed by atoms with E-state index in [4.69, 9.17) is 32.7 Å². The molecule has 0 aromatic heterocycles. The van der Waals surface area contributed by atoms with Gasteiger partial charge in [0.05, 0.1) is 16.9 Å². The van der Waals surface area contributed by atoms with Crippen LogP contribution in [0.4, 0.5) is 5.69 Å². The van der Waals surface area contributed by atoms with E-state index in [0.29, 0.717) is 27.2 Å². The summed E-state index contributed by atoms with van der Waals surface area (Å²) in [5.74, 6) is 0.652. The predicted molar refractivity (Wildman–Crippen MR) is 105 cm³/mol. The van der Waals surface area contributed by atoms with Gasteiger partial charge in [0.2, 0.25) is 5.91 Å². The lowest BCUT2D eigenvalue weighted by Crippen LogP contribution is -2.35. The fourth-order valence-electron chi connectivity index (χ4n) is 4.88. The smallest absolute Gasteiger partial charge is 0.310 e. The molecule has 5 atom stereocenters. The van der Waals surface area contributed by atoms with Crippen molar-refractivity contribution in [3.63, 3.8) is 0 Å². The third kappa shape index (κ3) is 2.93. The molecule has 0 unspecified atom stereocenters. The summed E-state index contributed by atoms with van der Waals surface area (Å²) in [6, 6.07) is 12.0. The first-order chi connectivity index (χ1) is 13.5. The first kappa shape index (κ1) is 17.8. The Labute approximate surface area is 171 Å². The summed E-state index contributed by atoms with van der Waals surface area (Å²) >= 11 is 12.0.